The lowest BCUT2D eigenvalue weighted by Gasteiger charge is -2.47. The van der Waals surface area contributed by atoms with Crippen molar-refractivity contribution < 1.29 is 66.6 Å². The molecular weight excluding hydrogens is 869 g/mol. The van der Waals surface area contributed by atoms with Crippen LogP contribution in [0.1, 0.15) is 118 Å². The molecule has 4 aliphatic rings. The van der Waals surface area contributed by atoms with Crippen LogP contribution in [0.2, 0.25) is 0 Å². The maximum absolute atomic E-state index is 16.3. The molecule has 1 aromatic rings. The van der Waals surface area contributed by atoms with E-state index in [9.17, 15) is 33.8 Å². The van der Waals surface area contributed by atoms with Crippen molar-refractivity contribution in [3.05, 3.63) is 58.9 Å². The van der Waals surface area contributed by atoms with Crippen LogP contribution in [0, 0.1) is 35.4 Å². The van der Waals surface area contributed by atoms with Crippen LogP contribution >= 0.6 is 0 Å². The number of nitrogens with zero attached hydrogens (tertiary/aromatic N) is 1. The molecule has 1 saturated carbocycles. The molecule has 67 heavy (non-hydrogen) atoms. The summed E-state index contributed by atoms with van der Waals surface area (Å²) >= 11 is 0. The number of aryl methyl sites for hydroxylation is 1. The van der Waals surface area contributed by atoms with Crippen molar-refractivity contribution in [2.75, 3.05) is 34.5 Å². The summed E-state index contributed by atoms with van der Waals surface area (Å²) in [6.07, 6.45) is 1.88. The third-order valence-corrected chi connectivity index (χ3v) is 14.9. The Kier molecular flexibility index (Phi) is 20.3. The highest BCUT2D eigenvalue weighted by molar-refractivity contribution is 6.39. The maximum atomic E-state index is 16.3. The number of halogens is 2. The van der Waals surface area contributed by atoms with Gasteiger partial charge in [-0.2, -0.15) is 0 Å². The zero-order chi connectivity index (χ0) is 49.2. The number of allylic oxidation sites excluding steroid dienone is 3. The van der Waals surface area contributed by atoms with Crippen LogP contribution < -0.4 is 0 Å². The standard InChI is InChI=1S/C52H77F2NO12/c1-10-37-25-30(2)46(54)31(3)26-44(63-8)48-45(64-9)27-33(5)52(61,67-48)49(58)50(59)55-22-12-11-15-39(55)51(60)66-47(34(6)40(56)29-41(37)57)32(4)24-36-18-21-42(43(28-36)62-7)65-23-13-14-35-16-19-38(53)20-17-35/h16-17,19-20,24-25,31,33-34,36-37,39-40,42-48,56,61H,10-15,18,21-23,26-29H2,1-9H3. The third-order valence-electron chi connectivity index (χ3n) is 14.9. The van der Waals surface area contributed by atoms with Crippen molar-refractivity contribution >= 4 is 23.4 Å². The molecule has 3 heterocycles. The van der Waals surface area contributed by atoms with E-state index in [0.29, 0.717) is 49.9 Å². The van der Waals surface area contributed by atoms with E-state index < -0.39 is 89.9 Å². The van der Waals surface area contributed by atoms with Crippen molar-refractivity contribution in [1.82, 2.24) is 4.90 Å². The second kappa shape index (κ2) is 24.9. The zero-order valence-electron chi connectivity index (χ0n) is 41.1. The Labute approximate surface area is 396 Å². The van der Waals surface area contributed by atoms with E-state index in [2.05, 4.69) is 0 Å². The lowest BCUT2D eigenvalue weighted by atomic mass is 9.81. The molecule has 0 aromatic heterocycles. The van der Waals surface area contributed by atoms with Gasteiger partial charge < -0.3 is 43.5 Å². The first-order valence-electron chi connectivity index (χ1n) is 24.5. The molecule has 13 nitrogen and oxygen atoms in total. The summed E-state index contributed by atoms with van der Waals surface area (Å²) < 4.78 is 66.0. The number of piperidine rings is 1. The second-order valence-electron chi connectivity index (χ2n) is 19.7. The number of benzene rings is 1. The molecule has 1 aromatic carbocycles. The Morgan fingerprint density at radius 1 is 0.925 bits per heavy atom. The molecule has 2 saturated heterocycles. The molecule has 1 amide bonds. The van der Waals surface area contributed by atoms with Gasteiger partial charge >= 0.3 is 5.97 Å². The quantitative estimate of drug-likeness (QED) is 0.0992. The zero-order valence-corrected chi connectivity index (χ0v) is 41.1. The fourth-order valence-corrected chi connectivity index (χ4v) is 10.6. The van der Waals surface area contributed by atoms with Gasteiger partial charge in [-0.3, -0.25) is 14.4 Å². The number of aliphatic hydroxyl groups is 2. The van der Waals surface area contributed by atoms with E-state index in [4.69, 9.17) is 28.4 Å². The topological polar surface area (TPSA) is 167 Å². The number of cyclic esters (lactones) is 1. The van der Waals surface area contributed by atoms with Crippen LogP contribution in [0.15, 0.2) is 47.6 Å². The number of rotatable bonds is 11. The number of Topliss-reactive ketones (excluding diaryl/α,β-unsaturated/α-hetero) is 2. The van der Waals surface area contributed by atoms with Gasteiger partial charge in [0.05, 0.1) is 30.5 Å². The Morgan fingerprint density at radius 2 is 1.60 bits per heavy atom. The van der Waals surface area contributed by atoms with E-state index in [1.54, 1.807) is 53.0 Å². The number of ketones is 2. The van der Waals surface area contributed by atoms with Crippen LogP contribution in [0.3, 0.4) is 0 Å². The number of ether oxygens (including phenoxy) is 6. The Bertz CT molecular complexity index is 1880. The van der Waals surface area contributed by atoms with Crippen LogP contribution in [0.5, 0.6) is 0 Å². The van der Waals surface area contributed by atoms with Crippen molar-refractivity contribution in [3.63, 3.8) is 0 Å². The van der Waals surface area contributed by atoms with Crippen LogP contribution in [0.4, 0.5) is 8.78 Å². The molecule has 15 unspecified atom stereocenters. The summed E-state index contributed by atoms with van der Waals surface area (Å²) in [5, 5.41) is 23.9. The van der Waals surface area contributed by atoms with Crippen molar-refractivity contribution in [2.24, 2.45) is 29.6 Å². The smallest absolute Gasteiger partial charge is 0.329 e. The van der Waals surface area contributed by atoms with E-state index in [1.165, 1.54) is 26.4 Å². The minimum Gasteiger partial charge on any atom is -0.456 e. The molecule has 1 aliphatic carbocycles. The summed E-state index contributed by atoms with van der Waals surface area (Å²) in [7, 11) is 4.53. The predicted molar refractivity (Wildman–Crippen MR) is 247 cm³/mol. The van der Waals surface area contributed by atoms with Crippen molar-refractivity contribution in [1.29, 1.82) is 0 Å². The maximum Gasteiger partial charge on any atom is 0.329 e. The van der Waals surface area contributed by atoms with Gasteiger partial charge in [0.2, 0.25) is 5.79 Å². The number of esters is 1. The number of amides is 1. The highest BCUT2D eigenvalue weighted by atomic mass is 19.1. The number of methoxy groups -OCH3 is 3. The lowest BCUT2D eigenvalue weighted by Crippen LogP contribution is -2.64. The van der Waals surface area contributed by atoms with Gasteiger partial charge in [0, 0.05) is 58.7 Å². The normalized spacial score (nSPS) is 37.0. The van der Waals surface area contributed by atoms with Gasteiger partial charge in [-0.25, -0.2) is 13.6 Å². The van der Waals surface area contributed by atoms with Crippen LogP contribution in [-0.4, -0.2) is 134 Å². The van der Waals surface area contributed by atoms with Crippen LogP contribution in [0.25, 0.3) is 0 Å². The minimum atomic E-state index is -2.62. The highest BCUT2D eigenvalue weighted by Gasteiger charge is 2.57. The first kappa shape index (κ1) is 54.5. The first-order valence-corrected chi connectivity index (χ1v) is 24.5. The summed E-state index contributed by atoms with van der Waals surface area (Å²) in [5.74, 6) is -9.41. The Hall–Kier alpha value is -3.44. The molecule has 2 N–H and O–H groups in total. The summed E-state index contributed by atoms with van der Waals surface area (Å²) in [6, 6.07) is 5.26. The Morgan fingerprint density at radius 3 is 2.25 bits per heavy atom. The van der Waals surface area contributed by atoms with E-state index in [1.807, 2.05) is 19.9 Å². The van der Waals surface area contributed by atoms with Gasteiger partial charge in [-0.1, -0.05) is 52.0 Å². The fourth-order valence-electron chi connectivity index (χ4n) is 10.6. The van der Waals surface area contributed by atoms with Crippen molar-refractivity contribution in [3.8, 4) is 0 Å². The number of hydrogen-bond donors (Lipinski definition) is 2. The number of carbonyl (C=O) groups excluding carboxylic acids is 4. The van der Waals surface area contributed by atoms with Gasteiger partial charge in [0.15, 0.2) is 0 Å². The largest absolute Gasteiger partial charge is 0.456 e. The van der Waals surface area contributed by atoms with E-state index in [0.717, 1.165) is 29.7 Å². The number of aliphatic hydroxyl groups excluding tert-OH is 1. The predicted octanol–water partition coefficient (Wildman–Crippen LogP) is 7.22. The fraction of sp³-hybridized carbons (Fsp3) is 0.731. The number of carbonyl (C=O) groups is 4. The van der Waals surface area contributed by atoms with Gasteiger partial charge in [-0.05, 0) is 125 Å². The molecule has 5 rings (SSSR count). The molecule has 3 fully saturated rings. The molecule has 376 valence electrons. The average molecular weight is 946 g/mol. The van der Waals surface area contributed by atoms with E-state index >= 15 is 4.39 Å². The molecule has 3 aliphatic heterocycles. The summed E-state index contributed by atoms with van der Waals surface area (Å²) in [6.45, 7) is 10.8. The molecule has 2 bridgehead atoms. The Balaban J connectivity index is 1.44. The number of fused-ring (bicyclic) bond motifs is 3. The molecular formula is C52H77F2NO12. The van der Waals surface area contributed by atoms with Crippen molar-refractivity contribution in [2.45, 2.75) is 179 Å². The first-order chi connectivity index (χ1) is 31.9. The molecule has 15 atom stereocenters. The molecule has 0 radical (unpaired) electrons. The average Bonchev–Trinajstić information content (AvgIpc) is 3.32. The molecule has 0 spiro atoms. The van der Waals surface area contributed by atoms with Gasteiger partial charge in [0.1, 0.15) is 36.0 Å². The highest BCUT2D eigenvalue weighted by Crippen LogP contribution is 2.40. The van der Waals surface area contributed by atoms with Gasteiger partial charge in [-0.15, -0.1) is 0 Å². The monoisotopic (exact) mass is 946 g/mol. The number of hydrogen-bond acceptors (Lipinski definition) is 12. The minimum absolute atomic E-state index is 0.0182. The van der Waals surface area contributed by atoms with E-state index in [-0.39, 0.29) is 62.0 Å². The summed E-state index contributed by atoms with van der Waals surface area (Å²) in [5.41, 5.74) is 2.00. The van der Waals surface area contributed by atoms with Gasteiger partial charge in [0.25, 0.3) is 11.7 Å². The summed E-state index contributed by atoms with van der Waals surface area (Å²) in [4.78, 5) is 58.3. The third kappa shape index (κ3) is 13.5. The molecule has 15 heteroatoms. The number of alkyl halides is 1. The van der Waals surface area contributed by atoms with Crippen LogP contribution in [-0.2, 0) is 54.0 Å². The lowest BCUT2D eigenvalue weighted by molar-refractivity contribution is -0.302. The second-order valence-corrected chi connectivity index (χ2v) is 19.7. The SMILES string of the molecule is CCC1C=C(C)C(F)C(C)CC(OC)C2OC(O)(C(=O)C(=O)N3CCCCC3C(=O)OC(C(C)=CC3CCC(OCCCc4ccc(F)cc4)C(OC)C3)C(C)C(O)CC1=O)C(C)CC2OC.